The van der Waals surface area contributed by atoms with Crippen molar-refractivity contribution >= 4 is 0 Å². The molecule has 0 rings (SSSR count). The van der Waals surface area contributed by atoms with Crippen LogP contribution in [0.15, 0.2) is 0 Å². The Morgan fingerprint density at radius 3 is 2.40 bits per heavy atom. The average Bonchev–Trinajstić information content (AvgIpc) is 2.00. The number of nitrogens with zero attached hydrogens (tertiary/aromatic N) is 1. The molecule has 2 nitrogen and oxygen atoms in total. The minimum atomic E-state index is -4.08. The number of hydrogen-bond donors (Lipinski definition) is 1. The van der Waals surface area contributed by atoms with Gasteiger partial charge in [0.05, 0.1) is 6.54 Å². The Kier molecular flexibility index (Phi) is 6.92. The van der Waals surface area contributed by atoms with Crippen LogP contribution in [0.3, 0.4) is 0 Å². The van der Waals surface area contributed by atoms with E-state index in [-0.39, 0.29) is 0 Å². The largest absolute Gasteiger partial charge is 0.401 e. The third-order valence-electron chi connectivity index (χ3n) is 2.18. The maximum atomic E-state index is 12.0. The second-order valence-corrected chi connectivity index (χ2v) is 3.95. The van der Waals surface area contributed by atoms with Gasteiger partial charge in [-0.05, 0) is 39.9 Å². The van der Waals surface area contributed by atoms with Crippen molar-refractivity contribution in [1.82, 2.24) is 10.2 Å². The zero-order valence-corrected chi connectivity index (χ0v) is 9.69. The van der Waals surface area contributed by atoms with Gasteiger partial charge in [-0.1, -0.05) is 6.92 Å². The Balaban J connectivity index is 3.50. The Bertz CT molecular complexity index is 159. The van der Waals surface area contributed by atoms with Crippen molar-refractivity contribution in [2.75, 3.05) is 26.7 Å². The number of alkyl halides is 3. The van der Waals surface area contributed by atoms with Crippen molar-refractivity contribution in [1.29, 1.82) is 0 Å². The van der Waals surface area contributed by atoms with Gasteiger partial charge in [-0.25, -0.2) is 0 Å². The molecule has 1 atom stereocenters. The van der Waals surface area contributed by atoms with Gasteiger partial charge in [-0.3, -0.25) is 4.90 Å². The summed E-state index contributed by atoms with van der Waals surface area (Å²) in [6.45, 7) is 4.65. The van der Waals surface area contributed by atoms with E-state index in [4.69, 9.17) is 0 Å². The molecule has 0 heterocycles. The molecule has 1 N–H and O–H groups in total. The van der Waals surface area contributed by atoms with Gasteiger partial charge in [-0.15, -0.1) is 0 Å². The van der Waals surface area contributed by atoms with E-state index in [1.165, 1.54) is 11.9 Å². The summed E-state index contributed by atoms with van der Waals surface area (Å²) in [7, 11) is 1.51. The first-order chi connectivity index (χ1) is 6.85. The van der Waals surface area contributed by atoms with E-state index in [0.717, 1.165) is 19.4 Å². The van der Waals surface area contributed by atoms with Gasteiger partial charge < -0.3 is 5.32 Å². The number of halogens is 3. The summed E-state index contributed by atoms with van der Waals surface area (Å²) in [5.41, 5.74) is 0. The van der Waals surface area contributed by atoms with Crippen LogP contribution in [0.1, 0.15) is 26.7 Å². The highest BCUT2D eigenvalue weighted by atomic mass is 19.4. The maximum absolute atomic E-state index is 12.0. The quantitative estimate of drug-likeness (QED) is 0.716. The van der Waals surface area contributed by atoms with Crippen LogP contribution in [0, 0.1) is 0 Å². The monoisotopic (exact) mass is 226 g/mol. The molecule has 15 heavy (non-hydrogen) atoms. The van der Waals surface area contributed by atoms with Crippen LogP contribution in [0.5, 0.6) is 0 Å². The third kappa shape index (κ3) is 10.0. The van der Waals surface area contributed by atoms with Crippen LogP contribution in [0.4, 0.5) is 13.2 Å². The van der Waals surface area contributed by atoms with E-state index < -0.39 is 12.7 Å². The number of nitrogens with one attached hydrogen (secondary N) is 1. The van der Waals surface area contributed by atoms with Crippen molar-refractivity contribution in [2.24, 2.45) is 0 Å². The predicted octanol–water partition coefficient (Wildman–Crippen LogP) is 2.26. The zero-order valence-electron chi connectivity index (χ0n) is 9.69. The molecule has 0 aromatic carbocycles. The summed E-state index contributed by atoms with van der Waals surface area (Å²) in [5.74, 6) is 0. The Morgan fingerprint density at radius 2 is 1.93 bits per heavy atom. The molecule has 0 spiro atoms. The van der Waals surface area contributed by atoms with Gasteiger partial charge in [0.25, 0.3) is 0 Å². The molecule has 0 aliphatic carbocycles. The van der Waals surface area contributed by atoms with Gasteiger partial charge in [-0.2, -0.15) is 13.2 Å². The average molecular weight is 226 g/mol. The third-order valence-corrected chi connectivity index (χ3v) is 2.18. The SMILES string of the molecule is CCNC(C)CCCN(C)CC(F)(F)F. The number of hydrogen-bond acceptors (Lipinski definition) is 2. The summed E-state index contributed by atoms with van der Waals surface area (Å²) in [6, 6.07) is 0.384. The smallest absolute Gasteiger partial charge is 0.315 e. The van der Waals surface area contributed by atoms with Crippen LogP contribution < -0.4 is 5.32 Å². The van der Waals surface area contributed by atoms with E-state index in [1.807, 2.05) is 13.8 Å². The maximum Gasteiger partial charge on any atom is 0.401 e. The molecular weight excluding hydrogens is 205 g/mol. The van der Waals surface area contributed by atoms with Gasteiger partial charge in [0.1, 0.15) is 0 Å². The van der Waals surface area contributed by atoms with Crippen LogP contribution in [-0.2, 0) is 0 Å². The minimum absolute atomic E-state index is 0.384. The molecule has 1 unspecified atom stereocenters. The van der Waals surface area contributed by atoms with Gasteiger partial charge >= 0.3 is 6.18 Å². The predicted molar refractivity (Wildman–Crippen MR) is 55.9 cm³/mol. The fraction of sp³-hybridized carbons (Fsp3) is 1.00. The lowest BCUT2D eigenvalue weighted by atomic mass is 10.2. The Labute approximate surface area is 89.8 Å². The van der Waals surface area contributed by atoms with Gasteiger partial charge in [0, 0.05) is 6.04 Å². The first kappa shape index (κ1) is 14.7. The van der Waals surface area contributed by atoms with Crippen LogP contribution in [0.25, 0.3) is 0 Å². The van der Waals surface area contributed by atoms with E-state index in [2.05, 4.69) is 5.32 Å². The molecule has 0 radical (unpaired) electrons. The first-order valence-electron chi connectivity index (χ1n) is 5.34. The topological polar surface area (TPSA) is 15.3 Å². The molecule has 0 aliphatic rings. The Morgan fingerprint density at radius 1 is 1.33 bits per heavy atom. The summed E-state index contributed by atoms with van der Waals surface area (Å²) in [6.07, 6.45) is -2.38. The zero-order chi connectivity index (χ0) is 11.9. The normalized spacial score (nSPS) is 14.6. The van der Waals surface area contributed by atoms with E-state index in [1.54, 1.807) is 0 Å². The molecule has 0 aromatic heterocycles. The summed E-state index contributed by atoms with van der Waals surface area (Å²) >= 11 is 0. The van der Waals surface area contributed by atoms with Crippen LogP contribution >= 0.6 is 0 Å². The molecule has 5 heteroatoms. The number of rotatable bonds is 7. The molecule has 0 fully saturated rings. The van der Waals surface area contributed by atoms with Crippen molar-refractivity contribution in [3.63, 3.8) is 0 Å². The highest BCUT2D eigenvalue weighted by Crippen LogP contribution is 2.15. The molecule has 0 saturated carbocycles. The first-order valence-corrected chi connectivity index (χ1v) is 5.34. The summed E-state index contributed by atoms with van der Waals surface area (Å²) in [4.78, 5) is 1.32. The lowest BCUT2D eigenvalue weighted by Crippen LogP contribution is -2.33. The van der Waals surface area contributed by atoms with E-state index in [0.29, 0.717) is 12.6 Å². The van der Waals surface area contributed by atoms with Crippen molar-refractivity contribution in [3.05, 3.63) is 0 Å². The molecule has 0 bridgehead atoms. The summed E-state index contributed by atoms with van der Waals surface area (Å²) < 4.78 is 35.9. The molecule has 0 saturated heterocycles. The minimum Gasteiger partial charge on any atom is -0.315 e. The molecule has 0 amide bonds. The lowest BCUT2D eigenvalue weighted by Gasteiger charge is -2.19. The van der Waals surface area contributed by atoms with E-state index >= 15 is 0 Å². The highest BCUT2D eigenvalue weighted by Gasteiger charge is 2.28. The second kappa shape index (κ2) is 7.06. The highest BCUT2D eigenvalue weighted by molar-refractivity contribution is 4.63. The molecular formula is C10H21F3N2. The fourth-order valence-corrected chi connectivity index (χ4v) is 1.50. The lowest BCUT2D eigenvalue weighted by molar-refractivity contribution is -0.143. The molecule has 0 aromatic rings. The van der Waals surface area contributed by atoms with E-state index in [9.17, 15) is 13.2 Å². The standard InChI is InChI=1S/C10H21F3N2/c1-4-14-9(2)6-5-7-15(3)8-10(11,12)13/h9,14H,4-8H2,1-3H3. The molecule has 0 aliphatic heterocycles. The van der Waals surface area contributed by atoms with Crippen molar-refractivity contribution < 1.29 is 13.2 Å². The van der Waals surface area contributed by atoms with Crippen molar-refractivity contribution in [2.45, 2.75) is 38.9 Å². The summed E-state index contributed by atoms with van der Waals surface area (Å²) in [5, 5.41) is 3.23. The van der Waals surface area contributed by atoms with Crippen LogP contribution in [-0.4, -0.2) is 43.8 Å². The second-order valence-electron chi connectivity index (χ2n) is 3.95. The molecule has 92 valence electrons. The van der Waals surface area contributed by atoms with Gasteiger partial charge in [0.15, 0.2) is 0 Å². The fourth-order valence-electron chi connectivity index (χ4n) is 1.50. The Hall–Kier alpha value is -0.290. The van der Waals surface area contributed by atoms with Crippen LogP contribution in [0.2, 0.25) is 0 Å². The van der Waals surface area contributed by atoms with Gasteiger partial charge in [0.2, 0.25) is 0 Å². The van der Waals surface area contributed by atoms with Crippen molar-refractivity contribution in [3.8, 4) is 0 Å².